The van der Waals surface area contributed by atoms with E-state index in [2.05, 4.69) is 5.32 Å². The quantitative estimate of drug-likeness (QED) is 0.652. The lowest BCUT2D eigenvalue weighted by molar-refractivity contribution is -0.125. The molecule has 2 amide bonds. The molecule has 2 aromatic rings. The van der Waals surface area contributed by atoms with Gasteiger partial charge in [-0.1, -0.05) is 37.5 Å². The molecule has 0 bridgehead atoms. The van der Waals surface area contributed by atoms with Crippen molar-refractivity contribution in [1.82, 2.24) is 0 Å². The molecule has 31 heavy (non-hydrogen) atoms. The molecule has 6 nitrogen and oxygen atoms in total. The van der Waals surface area contributed by atoms with Crippen LogP contribution in [0.4, 0.5) is 11.4 Å². The molecule has 164 valence electrons. The second-order valence-corrected chi connectivity index (χ2v) is 8.27. The number of amides is 2. The monoisotopic (exact) mass is 422 g/mol. The van der Waals surface area contributed by atoms with Crippen molar-refractivity contribution in [3.63, 3.8) is 0 Å². The maximum absolute atomic E-state index is 12.8. The summed E-state index contributed by atoms with van der Waals surface area (Å²) in [4.78, 5) is 27.2. The minimum Gasteiger partial charge on any atom is -0.494 e. The molecule has 1 unspecified atom stereocenters. The van der Waals surface area contributed by atoms with E-state index in [1.807, 2.05) is 48.5 Å². The van der Waals surface area contributed by atoms with Crippen molar-refractivity contribution in [3.05, 3.63) is 48.5 Å². The maximum atomic E-state index is 12.8. The molecule has 1 N–H and O–H groups in total. The Morgan fingerprint density at radius 1 is 1.13 bits per heavy atom. The van der Waals surface area contributed by atoms with Crippen LogP contribution in [0.1, 0.15) is 45.4 Å². The van der Waals surface area contributed by atoms with Gasteiger partial charge in [0.1, 0.15) is 11.5 Å². The van der Waals surface area contributed by atoms with E-state index in [0.717, 1.165) is 31.4 Å². The average Bonchev–Trinajstić information content (AvgIpc) is 2.80. The number of rotatable bonds is 7. The summed E-state index contributed by atoms with van der Waals surface area (Å²) >= 11 is 0. The molecule has 1 heterocycles. The summed E-state index contributed by atoms with van der Waals surface area (Å²) in [6.07, 6.45) is 5.48. The summed E-state index contributed by atoms with van der Waals surface area (Å²) in [5.41, 5.74) is 1.40. The lowest BCUT2D eigenvalue weighted by Gasteiger charge is -2.33. The van der Waals surface area contributed by atoms with Crippen LogP contribution < -0.4 is 19.7 Å². The van der Waals surface area contributed by atoms with Crippen molar-refractivity contribution < 1.29 is 19.1 Å². The molecular formula is C25H30N2O4. The largest absolute Gasteiger partial charge is 0.494 e. The second-order valence-electron chi connectivity index (χ2n) is 8.27. The van der Waals surface area contributed by atoms with Crippen LogP contribution in [0, 0.1) is 5.92 Å². The van der Waals surface area contributed by atoms with Gasteiger partial charge < -0.3 is 19.7 Å². The topological polar surface area (TPSA) is 67.9 Å². The highest BCUT2D eigenvalue weighted by Gasteiger charge is 2.31. The van der Waals surface area contributed by atoms with Crippen LogP contribution in [0.5, 0.6) is 11.5 Å². The highest BCUT2D eigenvalue weighted by Crippen LogP contribution is 2.37. The van der Waals surface area contributed by atoms with E-state index in [0.29, 0.717) is 36.7 Å². The highest BCUT2D eigenvalue weighted by atomic mass is 16.5. The molecule has 1 atom stereocenters. The van der Waals surface area contributed by atoms with E-state index in [9.17, 15) is 9.59 Å². The van der Waals surface area contributed by atoms with Gasteiger partial charge in [0.25, 0.3) is 5.91 Å². The summed E-state index contributed by atoms with van der Waals surface area (Å²) in [6, 6.07) is 15.2. The van der Waals surface area contributed by atoms with Gasteiger partial charge in [-0.05, 0) is 56.5 Å². The minimum absolute atomic E-state index is 0.0684. The lowest BCUT2D eigenvalue weighted by atomic mass is 9.88. The Kier molecular flexibility index (Phi) is 6.75. The first-order valence-electron chi connectivity index (χ1n) is 11.2. The molecule has 6 heteroatoms. The van der Waals surface area contributed by atoms with Crippen molar-refractivity contribution in [3.8, 4) is 11.5 Å². The number of carbonyl (C=O) groups is 2. The normalized spacial score (nSPS) is 18.8. The number of anilines is 2. The zero-order valence-corrected chi connectivity index (χ0v) is 18.0. The Labute approximate surface area is 183 Å². The number of nitrogens with one attached hydrogen (secondary N) is 1. The van der Waals surface area contributed by atoms with E-state index in [1.165, 1.54) is 6.42 Å². The first-order chi connectivity index (χ1) is 15.1. The van der Waals surface area contributed by atoms with Crippen LogP contribution in [0.3, 0.4) is 0 Å². The Hall–Kier alpha value is -3.02. The zero-order valence-electron chi connectivity index (χ0n) is 18.0. The number of para-hydroxylation sites is 1. The van der Waals surface area contributed by atoms with Gasteiger partial charge >= 0.3 is 0 Å². The molecule has 0 saturated heterocycles. The van der Waals surface area contributed by atoms with Crippen LogP contribution in [0.25, 0.3) is 0 Å². The van der Waals surface area contributed by atoms with Gasteiger partial charge in [0.15, 0.2) is 6.10 Å². The third-order valence-electron chi connectivity index (χ3n) is 5.95. The molecule has 0 radical (unpaired) electrons. The first kappa shape index (κ1) is 21.2. The van der Waals surface area contributed by atoms with E-state index in [-0.39, 0.29) is 17.7 Å². The van der Waals surface area contributed by atoms with Gasteiger partial charge in [-0.2, -0.15) is 0 Å². The number of hydrogen-bond acceptors (Lipinski definition) is 4. The summed E-state index contributed by atoms with van der Waals surface area (Å²) in [5.74, 6) is 1.54. The number of fused-ring (bicyclic) bond motifs is 1. The second kappa shape index (κ2) is 9.86. The van der Waals surface area contributed by atoms with Crippen LogP contribution in [0.2, 0.25) is 0 Å². The molecule has 2 aromatic carbocycles. The lowest BCUT2D eigenvalue weighted by Crippen LogP contribution is -2.45. The third kappa shape index (κ3) is 5.19. The fourth-order valence-corrected chi connectivity index (χ4v) is 4.25. The van der Waals surface area contributed by atoms with Gasteiger partial charge in [-0.15, -0.1) is 0 Å². The summed E-state index contributed by atoms with van der Waals surface area (Å²) in [5, 5.41) is 3.04. The molecule has 1 aliphatic carbocycles. The van der Waals surface area contributed by atoms with Crippen LogP contribution in [0.15, 0.2) is 48.5 Å². The predicted octanol–water partition coefficient (Wildman–Crippen LogP) is 4.79. The highest BCUT2D eigenvalue weighted by molar-refractivity contribution is 6.01. The molecule has 2 aliphatic rings. The Bertz CT molecular complexity index is 909. The number of benzene rings is 2. The van der Waals surface area contributed by atoms with Crippen molar-refractivity contribution in [2.75, 3.05) is 23.4 Å². The van der Waals surface area contributed by atoms with E-state index >= 15 is 0 Å². The third-order valence-corrected chi connectivity index (χ3v) is 5.95. The molecule has 0 spiro atoms. The zero-order chi connectivity index (χ0) is 21.6. The fraction of sp³-hybridized carbons (Fsp3) is 0.440. The Morgan fingerprint density at radius 3 is 2.68 bits per heavy atom. The molecule has 1 aliphatic heterocycles. The van der Waals surface area contributed by atoms with Gasteiger partial charge in [-0.25, -0.2) is 0 Å². The fourth-order valence-electron chi connectivity index (χ4n) is 4.25. The smallest absolute Gasteiger partial charge is 0.267 e. The molecular weight excluding hydrogens is 392 g/mol. The Balaban J connectivity index is 1.42. The van der Waals surface area contributed by atoms with Crippen LogP contribution in [-0.2, 0) is 9.59 Å². The predicted molar refractivity (Wildman–Crippen MR) is 121 cm³/mol. The summed E-state index contributed by atoms with van der Waals surface area (Å²) in [7, 11) is 0. The van der Waals surface area contributed by atoms with Crippen LogP contribution >= 0.6 is 0 Å². The first-order valence-corrected chi connectivity index (χ1v) is 11.2. The standard InChI is InChI=1S/C25H30N2O4/c1-18-25(29)27(15-8-16-30-21-11-6-3-7-12-21)22-17-20(13-14-23(22)31-18)26-24(28)19-9-4-2-5-10-19/h3,6-7,11-14,17-19H,2,4-5,8-10,15-16H2,1H3,(H,26,28). The van der Waals surface area contributed by atoms with Gasteiger partial charge in [0, 0.05) is 18.2 Å². The van der Waals surface area contributed by atoms with Gasteiger partial charge in [0.05, 0.1) is 12.3 Å². The van der Waals surface area contributed by atoms with Gasteiger partial charge in [0.2, 0.25) is 5.91 Å². The van der Waals surface area contributed by atoms with Crippen molar-refractivity contribution in [1.29, 1.82) is 0 Å². The molecule has 0 aromatic heterocycles. The van der Waals surface area contributed by atoms with Gasteiger partial charge in [-0.3, -0.25) is 9.59 Å². The summed E-state index contributed by atoms with van der Waals surface area (Å²) in [6.45, 7) is 2.79. The number of nitrogens with zero attached hydrogens (tertiary/aromatic N) is 1. The summed E-state index contributed by atoms with van der Waals surface area (Å²) < 4.78 is 11.6. The van der Waals surface area contributed by atoms with E-state index in [1.54, 1.807) is 11.8 Å². The van der Waals surface area contributed by atoms with Crippen molar-refractivity contribution in [2.45, 2.75) is 51.6 Å². The number of carbonyl (C=O) groups excluding carboxylic acids is 2. The van der Waals surface area contributed by atoms with E-state index < -0.39 is 6.10 Å². The van der Waals surface area contributed by atoms with Crippen molar-refractivity contribution >= 4 is 23.2 Å². The maximum Gasteiger partial charge on any atom is 0.267 e. The van der Waals surface area contributed by atoms with Crippen LogP contribution in [-0.4, -0.2) is 31.1 Å². The SMILES string of the molecule is CC1Oc2ccc(NC(=O)C3CCCCC3)cc2N(CCCOc2ccccc2)C1=O. The molecule has 4 rings (SSSR count). The Morgan fingerprint density at radius 2 is 1.90 bits per heavy atom. The average molecular weight is 423 g/mol. The number of ether oxygens (including phenoxy) is 2. The van der Waals surface area contributed by atoms with E-state index in [4.69, 9.17) is 9.47 Å². The minimum atomic E-state index is -0.537. The number of hydrogen-bond donors (Lipinski definition) is 1. The van der Waals surface area contributed by atoms with Crippen molar-refractivity contribution in [2.24, 2.45) is 5.92 Å². The molecule has 1 fully saturated rings. The molecule has 1 saturated carbocycles.